The van der Waals surface area contributed by atoms with Gasteiger partial charge in [-0.25, -0.2) is 0 Å². The second kappa shape index (κ2) is 10.4. The van der Waals surface area contributed by atoms with E-state index in [1.54, 1.807) is 0 Å². The Labute approximate surface area is 293 Å². The molecule has 0 saturated carbocycles. The fourth-order valence-corrected chi connectivity index (χ4v) is 12.9. The average molecular weight is 783 g/mol. The number of aromatic nitrogens is 4. The Balaban J connectivity index is 1.09. The van der Waals surface area contributed by atoms with E-state index < -0.39 is 0 Å². The van der Waals surface area contributed by atoms with Crippen molar-refractivity contribution in [1.82, 2.24) is 17.9 Å². The zero-order valence-electron chi connectivity index (χ0n) is 24.9. The van der Waals surface area contributed by atoms with Crippen LogP contribution in [0.2, 0.25) is 0 Å². The number of nitrogens with zero attached hydrogens (tertiary/aromatic N) is 6. The number of hydrogen-bond acceptors (Lipinski definition) is 5. The molecule has 11 rings (SSSR count). The van der Waals surface area contributed by atoms with Gasteiger partial charge in [-0.3, -0.25) is 0 Å². The second-order valence-electron chi connectivity index (χ2n) is 11.7. The zero-order chi connectivity index (χ0) is 31.3. The van der Waals surface area contributed by atoms with Crippen LogP contribution in [-0.4, -0.2) is 46.9 Å². The molecule has 10 heteroatoms. The summed E-state index contributed by atoms with van der Waals surface area (Å²) in [6.45, 7) is 0. The summed E-state index contributed by atoms with van der Waals surface area (Å²) >= 11 is 2.62. The Morgan fingerprint density at radius 3 is 1.21 bits per heavy atom. The first-order chi connectivity index (χ1) is 23.8. The van der Waals surface area contributed by atoms with E-state index in [0.29, 0.717) is 0 Å². The molecule has 10 aromatic rings. The van der Waals surface area contributed by atoms with Gasteiger partial charge in [0.1, 0.15) is 0 Å². The first-order valence-corrected chi connectivity index (χ1v) is 20.3. The van der Waals surface area contributed by atoms with Crippen molar-refractivity contribution in [1.29, 1.82) is 0 Å². The van der Waals surface area contributed by atoms with Crippen molar-refractivity contribution in [3.63, 3.8) is 0 Å². The summed E-state index contributed by atoms with van der Waals surface area (Å²) in [5.74, 6) is 0. The summed E-state index contributed by atoms with van der Waals surface area (Å²) in [4.78, 5) is 0. The molecule has 6 heterocycles. The fraction of sp³-hybridized carbons (Fsp3) is 0. The minimum atomic E-state index is 0.0288. The number of para-hydroxylation sites is 4. The molecule has 6 nitrogen and oxygen atoms in total. The molecule has 1 aliphatic heterocycles. The Morgan fingerprint density at radius 2 is 0.812 bits per heavy atom. The van der Waals surface area contributed by atoms with Gasteiger partial charge in [0.2, 0.25) is 0 Å². The van der Waals surface area contributed by atoms with Crippen LogP contribution in [0.5, 0.6) is 0 Å². The van der Waals surface area contributed by atoms with Gasteiger partial charge in [-0.05, 0) is 0 Å². The van der Waals surface area contributed by atoms with Gasteiger partial charge in [-0.2, -0.15) is 0 Å². The summed E-state index contributed by atoms with van der Waals surface area (Å²) in [6.07, 6.45) is 0. The monoisotopic (exact) mass is 784 g/mol. The van der Waals surface area contributed by atoms with E-state index in [9.17, 15) is 0 Å². The van der Waals surface area contributed by atoms with Crippen molar-refractivity contribution in [2.24, 2.45) is 8.73 Å². The van der Waals surface area contributed by atoms with Crippen LogP contribution in [0.25, 0.3) is 83.8 Å². The van der Waals surface area contributed by atoms with Crippen LogP contribution in [0.1, 0.15) is 0 Å². The molecule has 226 valence electrons. The summed E-state index contributed by atoms with van der Waals surface area (Å²) in [6, 6.07) is 43.9. The van der Waals surface area contributed by atoms with Crippen molar-refractivity contribution in [2.45, 2.75) is 0 Å². The Kier molecular flexibility index (Phi) is 5.93. The molecule has 0 atom stereocenters. The van der Waals surface area contributed by atoms with Gasteiger partial charge in [0.05, 0.1) is 0 Å². The summed E-state index contributed by atoms with van der Waals surface area (Å²) in [7, 11) is 0. The summed E-state index contributed by atoms with van der Waals surface area (Å²) < 4.78 is 29.7. The number of benzene rings is 5. The quantitative estimate of drug-likeness (QED) is 0.167. The maximum atomic E-state index is 4.93. The minimum absolute atomic E-state index is 0.0288. The van der Waals surface area contributed by atoms with E-state index >= 15 is 0 Å². The van der Waals surface area contributed by atoms with Gasteiger partial charge < -0.3 is 0 Å². The van der Waals surface area contributed by atoms with Gasteiger partial charge >= 0.3 is 295 Å². The Hall–Kier alpha value is -4.66. The molecule has 0 aliphatic carbocycles. The van der Waals surface area contributed by atoms with E-state index in [2.05, 4.69) is 130 Å². The number of fused-ring (bicyclic) bond motifs is 8. The molecule has 48 heavy (non-hydrogen) atoms. The van der Waals surface area contributed by atoms with Crippen LogP contribution in [0.4, 0.5) is 11.4 Å². The molecule has 5 aromatic carbocycles. The third-order valence-electron chi connectivity index (χ3n) is 9.20. The molecule has 0 spiro atoms. The van der Waals surface area contributed by atoms with E-state index in [-0.39, 0.29) is 29.0 Å². The molecule has 1 aliphatic rings. The SMILES string of the molecule is c1ccc2c(c1)c1ccccc1n2-c1ccc(-c2c3c(c(-c4ccc(-n5c6ccccc6c6ccccc65)[se]4)c4nsnc24)N=S=N3)[se]1. The molecule has 0 fully saturated rings. The molecule has 0 bridgehead atoms. The first kappa shape index (κ1) is 27.3. The van der Waals surface area contributed by atoms with Gasteiger partial charge in [-0.1, -0.05) is 0 Å². The van der Waals surface area contributed by atoms with E-state index in [4.69, 9.17) is 17.5 Å². The molecule has 0 unspecified atom stereocenters. The standard InChI is InChI=1S/C38H20N6S2Se2/c1-5-13-25-21(9-1)22-10-2-6-14-26(22)43(25)31-19-17-29(47-31)33-35-37(41-45-39-35)34(38-36(33)40-46-42-38)30-18-20-32(48-30)44-27-15-7-3-11-23(27)24-12-4-8-16-28(24)44/h1-20H. The molecule has 0 saturated heterocycles. The Morgan fingerprint density at radius 1 is 0.438 bits per heavy atom. The van der Waals surface area contributed by atoms with Crippen molar-refractivity contribution >= 4 is 118 Å². The molecule has 0 radical (unpaired) electrons. The van der Waals surface area contributed by atoms with Crippen LogP contribution in [-0.2, 0) is 11.4 Å². The molecule has 5 aromatic heterocycles. The third-order valence-corrected chi connectivity index (χ3v) is 14.8. The fourth-order valence-electron chi connectivity index (χ4n) is 7.21. The Bertz CT molecular complexity index is 2720. The molecule has 0 N–H and O–H groups in total. The van der Waals surface area contributed by atoms with Crippen molar-refractivity contribution in [3.05, 3.63) is 121 Å². The van der Waals surface area contributed by atoms with Crippen molar-refractivity contribution < 1.29 is 0 Å². The summed E-state index contributed by atoms with van der Waals surface area (Å²) in [5, 5.41) is 5.11. The van der Waals surface area contributed by atoms with Crippen LogP contribution in [0, 0.1) is 0 Å². The molecular formula is C38H20N6S2Se2. The zero-order valence-corrected chi connectivity index (χ0v) is 29.9. The predicted octanol–water partition coefficient (Wildman–Crippen LogP) is 10.1. The average Bonchev–Trinajstić information content (AvgIpc) is 3.98. The number of rotatable bonds is 4. The summed E-state index contributed by atoms with van der Waals surface area (Å²) in [5.41, 5.74) is 10.8. The second-order valence-corrected chi connectivity index (χ2v) is 17.2. The molecular weight excluding hydrogens is 763 g/mol. The van der Waals surface area contributed by atoms with Crippen LogP contribution in [0.3, 0.4) is 0 Å². The predicted molar refractivity (Wildman–Crippen MR) is 202 cm³/mol. The number of hydrogen-bond donors (Lipinski definition) is 0. The van der Waals surface area contributed by atoms with E-state index in [1.807, 2.05) is 0 Å². The first-order valence-electron chi connectivity index (χ1n) is 15.4. The third kappa shape index (κ3) is 3.78. The molecule has 0 amide bonds. The van der Waals surface area contributed by atoms with Gasteiger partial charge in [0.15, 0.2) is 0 Å². The van der Waals surface area contributed by atoms with Crippen LogP contribution >= 0.6 is 11.7 Å². The van der Waals surface area contributed by atoms with Gasteiger partial charge in [0.25, 0.3) is 0 Å². The van der Waals surface area contributed by atoms with Crippen LogP contribution < -0.4 is 0 Å². The van der Waals surface area contributed by atoms with Crippen molar-refractivity contribution in [2.75, 3.05) is 0 Å². The van der Waals surface area contributed by atoms with Crippen molar-refractivity contribution in [3.8, 4) is 29.1 Å². The van der Waals surface area contributed by atoms with Gasteiger partial charge in [-0.15, -0.1) is 0 Å². The van der Waals surface area contributed by atoms with E-state index in [0.717, 1.165) is 33.5 Å². The topological polar surface area (TPSA) is 60.4 Å². The maximum absolute atomic E-state index is 4.93. The van der Waals surface area contributed by atoms with Crippen LogP contribution in [0.15, 0.2) is 130 Å². The van der Waals surface area contributed by atoms with E-state index in [1.165, 1.54) is 84.7 Å². The normalized spacial score (nSPS) is 12.7. The van der Waals surface area contributed by atoms with Gasteiger partial charge in [0, 0.05) is 0 Å².